The zero-order valence-electron chi connectivity index (χ0n) is 19.1. The second-order valence-electron chi connectivity index (χ2n) is 6.86. The molecule has 0 aliphatic rings. The third kappa shape index (κ3) is 7.98. The van der Waals surface area contributed by atoms with Crippen LogP contribution in [0.3, 0.4) is 0 Å². The normalized spacial score (nSPS) is 10.8. The number of nitrogens with one attached hydrogen (secondary N) is 1. The Morgan fingerprint density at radius 2 is 1.85 bits per heavy atom. The van der Waals surface area contributed by atoms with E-state index in [1.807, 2.05) is 13.0 Å². The highest BCUT2D eigenvalue weighted by atomic mass is 16.5. The van der Waals surface area contributed by atoms with Gasteiger partial charge in [0.2, 0.25) is 0 Å². The molecule has 1 N–H and O–H groups in total. The molecular formula is C25H28N2O6. The Labute approximate surface area is 193 Å². The van der Waals surface area contributed by atoms with Crippen LogP contribution in [-0.2, 0) is 20.9 Å². The number of nitriles is 1. The minimum Gasteiger partial charge on any atom is -0.493 e. The summed E-state index contributed by atoms with van der Waals surface area (Å²) in [5.41, 5.74) is 1.94. The van der Waals surface area contributed by atoms with Crippen LogP contribution in [0.25, 0.3) is 6.08 Å². The van der Waals surface area contributed by atoms with Crippen LogP contribution in [0, 0.1) is 11.3 Å². The minimum absolute atomic E-state index is 0.00664. The van der Waals surface area contributed by atoms with Crippen LogP contribution in [-0.4, -0.2) is 45.9 Å². The second-order valence-corrected chi connectivity index (χ2v) is 6.86. The summed E-state index contributed by atoms with van der Waals surface area (Å²) in [6.45, 7) is 3.77. The van der Waals surface area contributed by atoms with Crippen molar-refractivity contribution in [3.05, 3.63) is 64.7 Å². The van der Waals surface area contributed by atoms with Gasteiger partial charge in [-0.25, -0.2) is 4.79 Å². The van der Waals surface area contributed by atoms with Crippen molar-refractivity contribution in [3.8, 4) is 17.6 Å². The van der Waals surface area contributed by atoms with Gasteiger partial charge in [0, 0.05) is 19.8 Å². The van der Waals surface area contributed by atoms with Gasteiger partial charge < -0.3 is 24.3 Å². The number of hydrogen-bond acceptors (Lipinski definition) is 7. The maximum atomic E-state index is 12.2. The number of amides is 1. The lowest BCUT2D eigenvalue weighted by Gasteiger charge is -2.12. The van der Waals surface area contributed by atoms with Gasteiger partial charge in [-0.2, -0.15) is 5.26 Å². The van der Waals surface area contributed by atoms with Crippen molar-refractivity contribution in [2.24, 2.45) is 0 Å². The molecule has 0 saturated heterocycles. The van der Waals surface area contributed by atoms with Gasteiger partial charge >= 0.3 is 5.97 Å². The van der Waals surface area contributed by atoms with Gasteiger partial charge in [-0.15, -0.1) is 0 Å². The van der Waals surface area contributed by atoms with Gasteiger partial charge in [0.15, 0.2) is 11.5 Å². The van der Waals surface area contributed by atoms with E-state index in [9.17, 15) is 14.9 Å². The molecule has 0 radical (unpaired) electrons. The summed E-state index contributed by atoms with van der Waals surface area (Å²) in [6, 6.07) is 14.0. The Morgan fingerprint density at radius 3 is 2.48 bits per heavy atom. The Morgan fingerprint density at radius 1 is 1.09 bits per heavy atom. The number of methoxy groups -OCH3 is 2. The number of ether oxygens (including phenoxy) is 4. The first-order valence-electron chi connectivity index (χ1n) is 10.5. The molecule has 2 rings (SSSR count). The first kappa shape index (κ1) is 25.4. The lowest BCUT2D eigenvalue weighted by atomic mass is 10.1. The molecule has 2 aromatic carbocycles. The standard InChI is InChI=1S/C25H28N2O6/c1-4-32-13-5-12-27-24(28)21(16-26)14-19-8-11-22(23(15-19)30-2)33-17-18-6-9-20(10-7-18)25(29)31-3/h6-11,14-15H,4-5,12-13,17H2,1-3H3,(H,27,28)/b21-14+. The Kier molecular flexibility index (Phi) is 10.4. The van der Waals surface area contributed by atoms with Crippen LogP contribution in [0.1, 0.15) is 34.8 Å². The van der Waals surface area contributed by atoms with Crippen molar-refractivity contribution in [3.63, 3.8) is 0 Å². The molecule has 2 aromatic rings. The maximum absolute atomic E-state index is 12.2. The second kappa shape index (κ2) is 13.6. The predicted molar refractivity (Wildman–Crippen MR) is 123 cm³/mol. The summed E-state index contributed by atoms with van der Waals surface area (Å²) >= 11 is 0. The molecule has 0 spiro atoms. The van der Waals surface area contributed by atoms with Gasteiger partial charge in [-0.3, -0.25) is 4.79 Å². The van der Waals surface area contributed by atoms with Crippen molar-refractivity contribution in [2.45, 2.75) is 20.0 Å². The molecule has 1 amide bonds. The van der Waals surface area contributed by atoms with Crippen molar-refractivity contribution in [1.82, 2.24) is 5.32 Å². The lowest BCUT2D eigenvalue weighted by Crippen LogP contribution is -2.26. The van der Waals surface area contributed by atoms with Gasteiger partial charge in [-0.1, -0.05) is 18.2 Å². The number of benzene rings is 2. The third-order valence-corrected chi connectivity index (χ3v) is 4.59. The minimum atomic E-state index is -0.441. The molecular weight excluding hydrogens is 424 g/mol. The molecule has 0 aromatic heterocycles. The molecule has 0 fully saturated rings. The highest BCUT2D eigenvalue weighted by Gasteiger charge is 2.11. The van der Waals surface area contributed by atoms with Gasteiger partial charge in [0.05, 0.1) is 19.8 Å². The molecule has 0 aliphatic carbocycles. The molecule has 0 bridgehead atoms. The highest BCUT2D eigenvalue weighted by molar-refractivity contribution is 6.01. The summed E-state index contributed by atoms with van der Waals surface area (Å²) in [5, 5.41) is 12.1. The van der Waals surface area contributed by atoms with Crippen LogP contribution < -0.4 is 14.8 Å². The molecule has 33 heavy (non-hydrogen) atoms. The molecule has 8 heteroatoms. The van der Waals surface area contributed by atoms with Crippen LogP contribution in [0.5, 0.6) is 11.5 Å². The third-order valence-electron chi connectivity index (χ3n) is 4.59. The average Bonchev–Trinajstić information content (AvgIpc) is 2.85. The fourth-order valence-electron chi connectivity index (χ4n) is 2.84. The van der Waals surface area contributed by atoms with Gasteiger partial charge in [0.25, 0.3) is 5.91 Å². The lowest BCUT2D eigenvalue weighted by molar-refractivity contribution is -0.117. The monoisotopic (exact) mass is 452 g/mol. The van der Waals surface area contributed by atoms with E-state index in [1.54, 1.807) is 42.5 Å². The fourth-order valence-corrected chi connectivity index (χ4v) is 2.84. The maximum Gasteiger partial charge on any atom is 0.337 e. The quantitative estimate of drug-likeness (QED) is 0.227. The van der Waals surface area contributed by atoms with Crippen LogP contribution in [0.15, 0.2) is 48.0 Å². The van der Waals surface area contributed by atoms with Gasteiger partial charge in [-0.05, 0) is 54.8 Å². The molecule has 0 saturated carbocycles. The van der Waals surface area contributed by atoms with Crippen molar-refractivity contribution in [2.75, 3.05) is 34.0 Å². The van der Waals surface area contributed by atoms with Crippen molar-refractivity contribution in [1.29, 1.82) is 5.26 Å². The summed E-state index contributed by atoms with van der Waals surface area (Å²) in [4.78, 5) is 23.8. The molecule has 0 heterocycles. The zero-order chi connectivity index (χ0) is 24.1. The summed E-state index contributed by atoms with van der Waals surface area (Å²) in [6.07, 6.45) is 2.17. The first-order chi connectivity index (χ1) is 16.0. The zero-order valence-corrected chi connectivity index (χ0v) is 19.1. The number of esters is 1. The van der Waals surface area contributed by atoms with E-state index < -0.39 is 11.9 Å². The molecule has 0 unspecified atom stereocenters. The summed E-state index contributed by atoms with van der Waals surface area (Å²) < 4.78 is 21.2. The topological polar surface area (TPSA) is 107 Å². The summed E-state index contributed by atoms with van der Waals surface area (Å²) in [7, 11) is 2.84. The smallest absolute Gasteiger partial charge is 0.337 e. The van der Waals surface area contributed by atoms with Crippen molar-refractivity contribution < 1.29 is 28.5 Å². The molecule has 8 nitrogen and oxygen atoms in total. The Balaban J connectivity index is 2.03. The Hall–Kier alpha value is -3.83. The van der Waals surface area contributed by atoms with E-state index in [-0.39, 0.29) is 12.2 Å². The Bertz CT molecular complexity index is 1010. The largest absolute Gasteiger partial charge is 0.493 e. The van der Waals surface area contributed by atoms with E-state index in [1.165, 1.54) is 20.3 Å². The highest BCUT2D eigenvalue weighted by Crippen LogP contribution is 2.29. The van der Waals surface area contributed by atoms with E-state index in [0.717, 1.165) is 5.56 Å². The first-order valence-corrected chi connectivity index (χ1v) is 10.5. The number of carbonyl (C=O) groups is 2. The van der Waals surface area contributed by atoms with E-state index in [0.29, 0.717) is 48.8 Å². The van der Waals surface area contributed by atoms with Crippen LogP contribution in [0.2, 0.25) is 0 Å². The van der Waals surface area contributed by atoms with E-state index in [2.05, 4.69) is 10.1 Å². The molecule has 174 valence electrons. The predicted octanol–water partition coefficient (Wildman–Crippen LogP) is 3.51. The number of hydrogen-bond donors (Lipinski definition) is 1. The van der Waals surface area contributed by atoms with Crippen molar-refractivity contribution >= 4 is 18.0 Å². The average molecular weight is 453 g/mol. The molecule has 0 atom stereocenters. The SMILES string of the molecule is CCOCCCNC(=O)/C(C#N)=C/c1ccc(OCc2ccc(C(=O)OC)cc2)c(OC)c1. The van der Waals surface area contributed by atoms with Crippen LogP contribution in [0.4, 0.5) is 0 Å². The molecule has 0 aliphatic heterocycles. The van der Waals surface area contributed by atoms with Gasteiger partial charge in [0.1, 0.15) is 18.2 Å². The van der Waals surface area contributed by atoms with Crippen LogP contribution >= 0.6 is 0 Å². The number of carbonyl (C=O) groups excluding carboxylic acids is 2. The van der Waals surface area contributed by atoms with E-state index in [4.69, 9.17) is 14.2 Å². The number of rotatable bonds is 12. The van der Waals surface area contributed by atoms with E-state index >= 15 is 0 Å². The number of nitrogens with zero attached hydrogens (tertiary/aromatic N) is 1. The summed E-state index contributed by atoms with van der Waals surface area (Å²) in [5.74, 6) is 0.127. The fraction of sp³-hybridized carbons (Fsp3) is 0.320.